The van der Waals surface area contributed by atoms with Crippen molar-refractivity contribution in [2.45, 2.75) is 32.7 Å². The van der Waals surface area contributed by atoms with Gasteiger partial charge >= 0.3 is 0 Å². The first kappa shape index (κ1) is 16.2. The molecule has 0 radical (unpaired) electrons. The summed E-state index contributed by atoms with van der Waals surface area (Å²) < 4.78 is 9.49. The van der Waals surface area contributed by atoms with Gasteiger partial charge in [0.1, 0.15) is 5.75 Å². The molecular formula is C15H20ClN3OS. The van der Waals surface area contributed by atoms with Crippen molar-refractivity contribution in [3.8, 4) is 5.75 Å². The molecule has 0 aliphatic rings. The van der Waals surface area contributed by atoms with Gasteiger partial charge in [-0.15, -0.1) is 5.10 Å². The molecule has 1 aromatic carbocycles. The Morgan fingerprint density at radius 2 is 2.24 bits per heavy atom. The van der Waals surface area contributed by atoms with E-state index in [0.717, 1.165) is 41.4 Å². The van der Waals surface area contributed by atoms with Crippen LogP contribution in [0.5, 0.6) is 5.75 Å². The Hall–Kier alpha value is -1.17. The normalized spacial score (nSPS) is 12.4. The van der Waals surface area contributed by atoms with Crippen LogP contribution in [0.2, 0.25) is 5.02 Å². The van der Waals surface area contributed by atoms with Gasteiger partial charge in [-0.2, -0.15) is 0 Å². The summed E-state index contributed by atoms with van der Waals surface area (Å²) in [5, 5.41) is 8.40. The Balaban J connectivity index is 2.26. The maximum atomic E-state index is 6.12. The maximum Gasteiger partial charge on any atom is 0.122 e. The summed E-state index contributed by atoms with van der Waals surface area (Å²) in [5.41, 5.74) is 2.07. The first-order valence-corrected chi connectivity index (χ1v) is 8.15. The van der Waals surface area contributed by atoms with E-state index >= 15 is 0 Å². The van der Waals surface area contributed by atoms with Crippen molar-refractivity contribution in [2.24, 2.45) is 0 Å². The second kappa shape index (κ2) is 7.73. The molecule has 0 fully saturated rings. The van der Waals surface area contributed by atoms with Crippen molar-refractivity contribution in [2.75, 3.05) is 13.7 Å². The van der Waals surface area contributed by atoms with Gasteiger partial charge in [-0.3, -0.25) is 0 Å². The summed E-state index contributed by atoms with van der Waals surface area (Å²) in [6.07, 6.45) is 1.88. The lowest BCUT2D eigenvalue weighted by Gasteiger charge is -2.19. The van der Waals surface area contributed by atoms with Crippen LogP contribution < -0.4 is 10.1 Å². The van der Waals surface area contributed by atoms with Gasteiger partial charge in [-0.25, -0.2) is 0 Å². The predicted molar refractivity (Wildman–Crippen MR) is 87.4 cm³/mol. The highest BCUT2D eigenvalue weighted by Crippen LogP contribution is 2.29. The topological polar surface area (TPSA) is 47.0 Å². The second-order valence-electron chi connectivity index (χ2n) is 4.89. The van der Waals surface area contributed by atoms with Crippen LogP contribution in [-0.4, -0.2) is 23.2 Å². The van der Waals surface area contributed by atoms with Crippen LogP contribution in [0.3, 0.4) is 0 Å². The van der Waals surface area contributed by atoms with Crippen LogP contribution in [0.15, 0.2) is 18.2 Å². The molecule has 0 amide bonds. The Morgan fingerprint density at radius 1 is 1.43 bits per heavy atom. The minimum absolute atomic E-state index is 0.178. The molecule has 0 bridgehead atoms. The molecule has 1 heterocycles. The summed E-state index contributed by atoms with van der Waals surface area (Å²) in [6.45, 7) is 5.10. The van der Waals surface area contributed by atoms with E-state index in [4.69, 9.17) is 16.3 Å². The Morgan fingerprint density at radius 3 is 2.86 bits per heavy atom. The Kier molecular flexibility index (Phi) is 5.96. The molecule has 1 aromatic heterocycles. The molecule has 1 unspecified atom stereocenters. The average molecular weight is 326 g/mol. The van der Waals surface area contributed by atoms with Crippen molar-refractivity contribution in [3.63, 3.8) is 0 Å². The SMILES string of the molecule is CCCNC(Cc1cc(Cl)ccc1OC)c1snnc1C. The number of halogens is 1. The first-order chi connectivity index (χ1) is 10.2. The third-order valence-electron chi connectivity index (χ3n) is 3.31. The van der Waals surface area contributed by atoms with Gasteiger partial charge in [0.05, 0.1) is 17.7 Å². The van der Waals surface area contributed by atoms with Crippen LogP contribution >= 0.6 is 23.1 Å². The number of methoxy groups -OCH3 is 1. The summed E-state index contributed by atoms with van der Waals surface area (Å²) >= 11 is 7.57. The van der Waals surface area contributed by atoms with Crippen LogP contribution in [0.4, 0.5) is 0 Å². The van der Waals surface area contributed by atoms with Crippen molar-refractivity contribution in [1.82, 2.24) is 14.9 Å². The van der Waals surface area contributed by atoms with E-state index < -0.39 is 0 Å². The highest BCUT2D eigenvalue weighted by molar-refractivity contribution is 7.05. The molecule has 0 aliphatic carbocycles. The second-order valence-corrected chi connectivity index (χ2v) is 6.11. The Labute approximate surface area is 134 Å². The fourth-order valence-electron chi connectivity index (χ4n) is 2.26. The molecule has 0 spiro atoms. The van der Waals surface area contributed by atoms with Gasteiger partial charge in [0, 0.05) is 11.1 Å². The van der Waals surface area contributed by atoms with Crippen LogP contribution in [0.25, 0.3) is 0 Å². The maximum absolute atomic E-state index is 6.12. The standard InChI is InChI=1S/C15H20ClN3OS/c1-4-7-17-13(15-10(2)18-19-21-15)9-11-8-12(16)5-6-14(11)20-3/h5-6,8,13,17H,4,7,9H2,1-3H3. The highest BCUT2D eigenvalue weighted by Gasteiger charge is 2.19. The van der Waals surface area contributed by atoms with Crippen molar-refractivity contribution < 1.29 is 4.74 Å². The zero-order valence-electron chi connectivity index (χ0n) is 12.5. The molecule has 0 aliphatic heterocycles. The summed E-state index contributed by atoms with van der Waals surface area (Å²) in [7, 11) is 1.68. The van der Waals surface area contributed by atoms with E-state index in [1.54, 1.807) is 7.11 Å². The molecule has 2 rings (SSSR count). The van der Waals surface area contributed by atoms with Gasteiger partial charge in [0.2, 0.25) is 0 Å². The third kappa shape index (κ3) is 4.15. The number of rotatable bonds is 7. The van der Waals surface area contributed by atoms with Crippen LogP contribution in [0.1, 0.15) is 35.5 Å². The molecule has 1 atom stereocenters. The fourth-order valence-corrected chi connectivity index (χ4v) is 3.17. The number of ether oxygens (including phenoxy) is 1. The van der Waals surface area contributed by atoms with Gasteiger partial charge in [0.25, 0.3) is 0 Å². The molecule has 21 heavy (non-hydrogen) atoms. The van der Waals surface area contributed by atoms with Gasteiger partial charge < -0.3 is 10.1 Å². The van der Waals surface area contributed by atoms with E-state index in [-0.39, 0.29) is 6.04 Å². The minimum atomic E-state index is 0.178. The summed E-state index contributed by atoms with van der Waals surface area (Å²) in [6, 6.07) is 5.90. The Bertz CT molecular complexity index is 588. The number of hydrogen-bond donors (Lipinski definition) is 1. The predicted octanol–water partition coefficient (Wildman–Crippen LogP) is 3.79. The first-order valence-electron chi connectivity index (χ1n) is 7.00. The number of benzene rings is 1. The monoisotopic (exact) mass is 325 g/mol. The summed E-state index contributed by atoms with van der Waals surface area (Å²) in [4.78, 5) is 1.17. The largest absolute Gasteiger partial charge is 0.496 e. The van der Waals surface area contributed by atoms with Gasteiger partial charge in [0.15, 0.2) is 0 Å². The minimum Gasteiger partial charge on any atom is -0.496 e. The molecule has 114 valence electrons. The molecular weight excluding hydrogens is 306 g/mol. The highest BCUT2D eigenvalue weighted by atomic mass is 35.5. The van der Waals surface area contributed by atoms with E-state index in [2.05, 4.69) is 21.8 Å². The molecule has 2 aromatic rings. The third-order valence-corrected chi connectivity index (χ3v) is 4.49. The average Bonchev–Trinajstić information content (AvgIpc) is 2.90. The number of aryl methyl sites for hydroxylation is 1. The molecule has 0 saturated heterocycles. The zero-order chi connectivity index (χ0) is 15.2. The molecule has 4 nitrogen and oxygen atoms in total. The lowest BCUT2D eigenvalue weighted by atomic mass is 10.0. The van der Waals surface area contributed by atoms with Gasteiger partial charge in [-0.05, 0) is 61.6 Å². The summed E-state index contributed by atoms with van der Waals surface area (Å²) in [5.74, 6) is 0.859. The van der Waals surface area contributed by atoms with E-state index in [9.17, 15) is 0 Å². The van der Waals surface area contributed by atoms with Crippen LogP contribution in [-0.2, 0) is 6.42 Å². The number of aromatic nitrogens is 2. The van der Waals surface area contributed by atoms with E-state index in [0.29, 0.717) is 0 Å². The molecule has 6 heteroatoms. The van der Waals surface area contributed by atoms with E-state index in [1.807, 2.05) is 25.1 Å². The number of nitrogens with one attached hydrogen (secondary N) is 1. The van der Waals surface area contributed by atoms with Crippen LogP contribution in [0, 0.1) is 6.92 Å². The fraction of sp³-hybridized carbons (Fsp3) is 0.467. The number of nitrogens with zero attached hydrogens (tertiary/aromatic N) is 2. The zero-order valence-corrected chi connectivity index (χ0v) is 14.1. The molecule has 1 N–H and O–H groups in total. The smallest absolute Gasteiger partial charge is 0.122 e. The number of hydrogen-bond acceptors (Lipinski definition) is 5. The lowest BCUT2D eigenvalue weighted by Crippen LogP contribution is -2.24. The van der Waals surface area contributed by atoms with Crippen molar-refractivity contribution in [1.29, 1.82) is 0 Å². The quantitative estimate of drug-likeness (QED) is 0.841. The van der Waals surface area contributed by atoms with Crippen molar-refractivity contribution >= 4 is 23.1 Å². The van der Waals surface area contributed by atoms with Crippen molar-refractivity contribution in [3.05, 3.63) is 39.4 Å². The lowest BCUT2D eigenvalue weighted by molar-refractivity contribution is 0.405. The molecule has 0 saturated carbocycles. The van der Waals surface area contributed by atoms with Gasteiger partial charge in [-0.1, -0.05) is 23.0 Å². The van der Waals surface area contributed by atoms with E-state index in [1.165, 1.54) is 16.4 Å².